The smallest absolute Gasteiger partial charge is 0.193 e. The highest BCUT2D eigenvalue weighted by Crippen LogP contribution is 2.37. The lowest BCUT2D eigenvalue weighted by molar-refractivity contribution is -0.161. The number of hydrogen-bond acceptors (Lipinski definition) is 3. The Morgan fingerprint density at radius 3 is 2.87 bits per heavy atom. The third-order valence-corrected chi connectivity index (χ3v) is 3.25. The van der Waals surface area contributed by atoms with Crippen LogP contribution in [0, 0.1) is 0 Å². The van der Waals surface area contributed by atoms with Crippen LogP contribution in [0.2, 0.25) is 0 Å². The lowest BCUT2D eigenvalue weighted by Gasteiger charge is -2.24. The van der Waals surface area contributed by atoms with Gasteiger partial charge in [-0.3, -0.25) is 0 Å². The van der Waals surface area contributed by atoms with Gasteiger partial charge in [-0.2, -0.15) is 0 Å². The summed E-state index contributed by atoms with van der Waals surface area (Å²) in [6, 6.07) is 7.90. The molecule has 2 rings (SSSR count). The molecule has 2 unspecified atom stereocenters. The zero-order valence-corrected chi connectivity index (χ0v) is 10.2. The third kappa shape index (κ3) is 2.08. The molecular formula is C11H14BrNO2. The molecule has 0 saturated carbocycles. The van der Waals surface area contributed by atoms with Crippen molar-refractivity contribution in [2.45, 2.75) is 18.8 Å². The molecule has 1 saturated heterocycles. The van der Waals surface area contributed by atoms with Crippen LogP contribution in [0.1, 0.15) is 12.5 Å². The highest BCUT2D eigenvalue weighted by atomic mass is 79.9. The molecule has 82 valence electrons. The van der Waals surface area contributed by atoms with Gasteiger partial charge >= 0.3 is 0 Å². The van der Waals surface area contributed by atoms with Gasteiger partial charge in [-0.15, -0.1) is 0 Å². The molecule has 1 fully saturated rings. The Kier molecular flexibility index (Phi) is 3.11. The van der Waals surface area contributed by atoms with Crippen molar-refractivity contribution in [3.8, 4) is 0 Å². The van der Waals surface area contributed by atoms with Crippen LogP contribution in [0.25, 0.3) is 0 Å². The van der Waals surface area contributed by atoms with Crippen molar-refractivity contribution >= 4 is 15.9 Å². The summed E-state index contributed by atoms with van der Waals surface area (Å²) in [7, 11) is 0. The molecule has 15 heavy (non-hydrogen) atoms. The summed E-state index contributed by atoms with van der Waals surface area (Å²) in [5.41, 5.74) is 6.56. The molecule has 0 aromatic heterocycles. The fraction of sp³-hybridized carbons (Fsp3) is 0.455. The normalized spacial score (nSPS) is 30.7. The van der Waals surface area contributed by atoms with E-state index in [1.54, 1.807) is 0 Å². The van der Waals surface area contributed by atoms with Crippen LogP contribution < -0.4 is 5.73 Å². The fourth-order valence-corrected chi connectivity index (χ4v) is 2.37. The molecule has 0 amide bonds. The van der Waals surface area contributed by atoms with Crippen molar-refractivity contribution in [2.75, 3.05) is 13.2 Å². The highest BCUT2D eigenvalue weighted by molar-refractivity contribution is 9.10. The zero-order valence-electron chi connectivity index (χ0n) is 8.57. The van der Waals surface area contributed by atoms with Crippen LogP contribution >= 0.6 is 15.9 Å². The van der Waals surface area contributed by atoms with Gasteiger partial charge in [0.1, 0.15) is 0 Å². The first-order valence-corrected chi connectivity index (χ1v) is 5.72. The van der Waals surface area contributed by atoms with E-state index in [1.165, 1.54) is 0 Å². The van der Waals surface area contributed by atoms with E-state index in [2.05, 4.69) is 15.9 Å². The van der Waals surface area contributed by atoms with Crippen molar-refractivity contribution in [1.29, 1.82) is 0 Å². The van der Waals surface area contributed by atoms with E-state index in [1.807, 2.05) is 31.2 Å². The lowest BCUT2D eigenvalue weighted by Crippen LogP contribution is -2.27. The third-order valence-electron chi connectivity index (χ3n) is 2.56. The maximum atomic E-state index is 5.79. The van der Waals surface area contributed by atoms with E-state index < -0.39 is 5.79 Å². The molecule has 2 N–H and O–H groups in total. The second-order valence-electron chi connectivity index (χ2n) is 3.71. The van der Waals surface area contributed by atoms with E-state index in [-0.39, 0.29) is 6.10 Å². The summed E-state index contributed by atoms with van der Waals surface area (Å²) >= 11 is 3.49. The molecule has 1 aromatic rings. The van der Waals surface area contributed by atoms with Crippen LogP contribution in [0.3, 0.4) is 0 Å². The number of ether oxygens (including phenoxy) is 2. The van der Waals surface area contributed by atoms with E-state index in [9.17, 15) is 0 Å². The van der Waals surface area contributed by atoms with Crippen molar-refractivity contribution in [2.24, 2.45) is 5.73 Å². The molecule has 1 heterocycles. The number of nitrogens with two attached hydrogens (primary N) is 1. The molecular weight excluding hydrogens is 258 g/mol. The zero-order chi connectivity index (χ0) is 10.9. The monoisotopic (exact) mass is 271 g/mol. The first-order valence-electron chi connectivity index (χ1n) is 4.92. The summed E-state index contributed by atoms with van der Waals surface area (Å²) in [6.07, 6.45) is -0.0119. The van der Waals surface area contributed by atoms with Crippen molar-refractivity contribution in [3.63, 3.8) is 0 Å². The summed E-state index contributed by atoms with van der Waals surface area (Å²) in [6.45, 7) is 2.96. The molecule has 1 aliphatic heterocycles. The van der Waals surface area contributed by atoms with Gasteiger partial charge in [-0.25, -0.2) is 0 Å². The van der Waals surface area contributed by atoms with Crippen LogP contribution in [0.15, 0.2) is 28.7 Å². The predicted octanol–water partition coefficient (Wildman–Crippen LogP) is 2.00. The maximum absolute atomic E-state index is 5.79. The van der Waals surface area contributed by atoms with Crippen LogP contribution in [0.5, 0.6) is 0 Å². The minimum Gasteiger partial charge on any atom is -0.343 e. The standard InChI is InChI=1S/C11H14BrNO2/c1-11(14-7-8(6-13)15-11)9-4-2-3-5-10(9)12/h2-5,8H,6-7,13H2,1H3. The molecule has 2 atom stereocenters. The minimum atomic E-state index is -0.676. The average Bonchev–Trinajstić information content (AvgIpc) is 2.62. The largest absolute Gasteiger partial charge is 0.343 e. The van der Waals surface area contributed by atoms with Crippen molar-refractivity contribution in [3.05, 3.63) is 34.3 Å². The van der Waals surface area contributed by atoms with Gasteiger partial charge in [0.15, 0.2) is 5.79 Å². The molecule has 0 spiro atoms. The first-order chi connectivity index (χ1) is 7.15. The Hall–Kier alpha value is -0.420. The van der Waals surface area contributed by atoms with E-state index in [0.717, 1.165) is 10.0 Å². The number of halogens is 1. The van der Waals surface area contributed by atoms with Gasteiger partial charge in [-0.1, -0.05) is 34.1 Å². The minimum absolute atomic E-state index is 0.0119. The van der Waals surface area contributed by atoms with Crippen molar-refractivity contribution in [1.82, 2.24) is 0 Å². The Balaban J connectivity index is 2.27. The van der Waals surface area contributed by atoms with Gasteiger partial charge in [0, 0.05) is 16.6 Å². The molecule has 3 nitrogen and oxygen atoms in total. The molecule has 0 bridgehead atoms. The topological polar surface area (TPSA) is 44.5 Å². The first kappa shape index (κ1) is 11.1. The Morgan fingerprint density at radius 2 is 2.27 bits per heavy atom. The van der Waals surface area contributed by atoms with Crippen LogP contribution in [-0.2, 0) is 15.3 Å². The molecule has 1 aromatic carbocycles. The molecule has 0 radical (unpaired) electrons. The summed E-state index contributed by atoms with van der Waals surface area (Å²) in [5.74, 6) is -0.676. The molecule has 1 aliphatic rings. The van der Waals surface area contributed by atoms with Crippen molar-refractivity contribution < 1.29 is 9.47 Å². The van der Waals surface area contributed by atoms with E-state index >= 15 is 0 Å². The SMILES string of the molecule is CC1(c2ccccc2Br)OCC(CN)O1. The quantitative estimate of drug-likeness (QED) is 0.895. The Bertz CT molecular complexity index is 358. The van der Waals surface area contributed by atoms with Gasteiger partial charge < -0.3 is 15.2 Å². The summed E-state index contributed by atoms with van der Waals surface area (Å²) in [4.78, 5) is 0. The lowest BCUT2D eigenvalue weighted by atomic mass is 10.1. The van der Waals surface area contributed by atoms with E-state index in [4.69, 9.17) is 15.2 Å². The summed E-state index contributed by atoms with van der Waals surface area (Å²) in [5, 5.41) is 0. The van der Waals surface area contributed by atoms with Gasteiger partial charge in [-0.05, 0) is 13.0 Å². The van der Waals surface area contributed by atoms with Gasteiger partial charge in [0.2, 0.25) is 0 Å². The summed E-state index contributed by atoms with van der Waals surface area (Å²) < 4.78 is 12.5. The second kappa shape index (κ2) is 4.22. The highest BCUT2D eigenvalue weighted by Gasteiger charge is 2.39. The fourth-order valence-electron chi connectivity index (χ4n) is 1.72. The Labute approximate surface area is 97.7 Å². The average molecular weight is 272 g/mol. The van der Waals surface area contributed by atoms with Crippen LogP contribution in [-0.4, -0.2) is 19.3 Å². The maximum Gasteiger partial charge on any atom is 0.193 e. The van der Waals surface area contributed by atoms with Gasteiger partial charge in [0.05, 0.1) is 12.7 Å². The van der Waals surface area contributed by atoms with E-state index in [0.29, 0.717) is 13.2 Å². The van der Waals surface area contributed by atoms with Crippen LogP contribution in [0.4, 0.5) is 0 Å². The molecule has 4 heteroatoms. The molecule has 0 aliphatic carbocycles. The Morgan fingerprint density at radius 1 is 1.53 bits per heavy atom. The predicted molar refractivity (Wildman–Crippen MR) is 61.4 cm³/mol. The second-order valence-corrected chi connectivity index (χ2v) is 4.57. The number of benzene rings is 1. The van der Waals surface area contributed by atoms with Gasteiger partial charge in [0.25, 0.3) is 0 Å². The number of rotatable bonds is 2. The number of hydrogen-bond donors (Lipinski definition) is 1.